The van der Waals surface area contributed by atoms with Crippen LogP contribution in [0.3, 0.4) is 0 Å². The fourth-order valence-electron chi connectivity index (χ4n) is 6.42. The highest BCUT2D eigenvalue weighted by Crippen LogP contribution is 2.45. The first kappa shape index (κ1) is 27.4. The maximum Gasteiger partial charge on any atom is 0.332 e. The van der Waals surface area contributed by atoms with E-state index in [2.05, 4.69) is 28.6 Å². The number of hydrogen-bond acceptors (Lipinski definition) is 7. The summed E-state index contributed by atoms with van der Waals surface area (Å²) in [5.74, 6) is 0.601. The molecule has 3 aromatic heterocycles. The van der Waals surface area contributed by atoms with Gasteiger partial charge in [0.15, 0.2) is 0 Å². The monoisotopic (exact) mass is 574 g/mol. The lowest BCUT2D eigenvalue weighted by Gasteiger charge is -2.53. The van der Waals surface area contributed by atoms with Crippen molar-refractivity contribution in [2.45, 2.75) is 45.2 Å². The van der Waals surface area contributed by atoms with Gasteiger partial charge in [0, 0.05) is 73.7 Å². The van der Waals surface area contributed by atoms with E-state index < -0.39 is 0 Å². The zero-order chi connectivity index (χ0) is 29.1. The van der Waals surface area contributed by atoms with Crippen molar-refractivity contribution in [3.8, 4) is 39.7 Å². The highest BCUT2D eigenvalue weighted by molar-refractivity contribution is 6.32. The van der Waals surface area contributed by atoms with Crippen molar-refractivity contribution in [1.82, 2.24) is 24.0 Å². The number of anilines is 1. The quantitative estimate of drug-likeness (QED) is 0.345. The summed E-state index contributed by atoms with van der Waals surface area (Å²) in [7, 11) is 3.33. The van der Waals surface area contributed by atoms with Crippen LogP contribution in [0, 0.1) is 6.92 Å². The SMILES string of the molecule is COc1ncc(-c2nc(C)cc(-c3ccc(-n4ccn(C)c4=O)c(Cl)c3)c2O)cc1N1CC[C@]2(CCN2C(C)C)C1. The van der Waals surface area contributed by atoms with E-state index >= 15 is 0 Å². The topological polar surface area (TPSA) is 88.6 Å². The lowest BCUT2D eigenvalue weighted by molar-refractivity contribution is -0.0237. The molecule has 10 heteroatoms. The second kappa shape index (κ2) is 10.2. The number of benzene rings is 1. The number of aryl methyl sites for hydroxylation is 2. The molecule has 0 bridgehead atoms. The predicted octanol–water partition coefficient (Wildman–Crippen LogP) is 5.04. The molecule has 2 aliphatic heterocycles. The molecule has 2 saturated heterocycles. The number of methoxy groups -OCH3 is 1. The summed E-state index contributed by atoms with van der Waals surface area (Å²) in [6, 6.07) is 9.75. The van der Waals surface area contributed by atoms with E-state index in [1.807, 2.05) is 25.1 Å². The minimum atomic E-state index is -0.189. The average Bonchev–Trinajstić information content (AvgIpc) is 3.54. The molecule has 0 amide bonds. The van der Waals surface area contributed by atoms with Crippen molar-refractivity contribution in [2.24, 2.45) is 7.05 Å². The van der Waals surface area contributed by atoms with Gasteiger partial charge in [0.1, 0.15) is 17.1 Å². The van der Waals surface area contributed by atoms with Crippen molar-refractivity contribution in [3.05, 3.63) is 70.1 Å². The van der Waals surface area contributed by atoms with Gasteiger partial charge in [0.25, 0.3) is 0 Å². The van der Waals surface area contributed by atoms with Crippen molar-refractivity contribution in [3.63, 3.8) is 0 Å². The number of ether oxygens (including phenoxy) is 1. The first-order valence-electron chi connectivity index (χ1n) is 13.9. The number of likely N-dealkylation sites (tertiary alicyclic amines) is 1. The molecule has 0 aliphatic carbocycles. The Bertz CT molecular complexity index is 1700. The van der Waals surface area contributed by atoms with Gasteiger partial charge in [-0.2, -0.15) is 0 Å². The first-order chi connectivity index (χ1) is 19.6. The second-order valence-electron chi connectivity index (χ2n) is 11.4. The van der Waals surface area contributed by atoms with Gasteiger partial charge < -0.3 is 19.3 Å². The van der Waals surface area contributed by atoms with E-state index in [0.717, 1.165) is 37.4 Å². The minimum Gasteiger partial charge on any atom is -0.505 e. The number of nitrogens with zero attached hydrogens (tertiary/aromatic N) is 6. The summed E-state index contributed by atoms with van der Waals surface area (Å²) in [5, 5.41) is 11.9. The molecular formula is C31H35ClN6O3. The fraction of sp³-hybridized carbons (Fsp3) is 0.387. The molecule has 1 spiro atoms. The highest BCUT2D eigenvalue weighted by atomic mass is 35.5. The second-order valence-corrected chi connectivity index (χ2v) is 11.8. The molecule has 1 atom stereocenters. The van der Waals surface area contributed by atoms with Crippen LogP contribution < -0.4 is 15.3 Å². The summed E-state index contributed by atoms with van der Waals surface area (Å²) < 4.78 is 8.65. The third kappa shape index (κ3) is 4.57. The lowest BCUT2D eigenvalue weighted by Crippen LogP contribution is -2.63. The molecule has 6 rings (SSSR count). The van der Waals surface area contributed by atoms with Crippen molar-refractivity contribution < 1.29 is 9.84 Å². The van der Waals surface area contributed by atoms with Gasteiger partial charge in [-0.15, -0.1) is 0 Å². The summed E-state index contributed by atoms with van der Waals surface area (Å²) in [6.07, 6.45) is 7.35. The number of imidazole rings is 1. The molecule has 5 heterocycles. The van der Waals surface area contributed by atoms with E-state index in [4.69, 9.17) is 21.3 Å². The number of aromatic hydroxyl groups is 1. The molecule has 0 saturated carbocycles. The molecule has 2 fully saturated rings. The Kier molecular flexibility index (Phi) is 6.82. The van der Waals surface area contributed by atoms with Crippen LogP contribution in [0.2, 0.25) is 5.02 Å². The van der Waals surface area contributed by atoms with Crippen molar-refractivity contribution in [1.29, 1.82) is 0 Å². The van der Waals surface area contributed by atoms with Crippen LogP contribution in [0.1, 0.15) is 32.4 Å². The van der Waals surface area contributed by atoms with Gasteiger partial charge in [0.05, 0.1) is 17.8 Å². The van der Waals surface area contributed by atoms with Gasteiger partial charge >= 0.3 is 5.69 Å². The van der Waals surface area contributed by atoms with Crippen LogP contribution in [0.4, 0.5) is 5.69 Å². The van der Waals surface area contributed by atoms with Gasteiger partial charge in [0.2, 0.25) is 5.88 Å². The Hall–Kier alpha value is -3.82. The molecule has 2 aliphatic rings. The molecule has 1 N–H and O–H groups in total. The Morgan fingerprint density at radius 2 is 1.85 bits per heavy atom. The molecule has 214 valence electrons. The van der Waals surface area contributed by atoms with Gasteiger partial charge in [-0.3, -0.25) is 9.47 Å². The molecule has 0 radical (unpaired) electrons. The van der Waals surface area contributed by atoms with Crippen molar-refractivity contribution in [2.75, 3.05) is 31.6 Å². The number of halogens is 1. The Balaban J connectivity index is 1.37. The highest BCUT2D eigenvalue weighted by Gasteiger charge is 2.50. The van der Waals surface area contributed by atoms with Crippen LogP contribution in [-0.2, 0) is 7.05 Å². The van der Waals surface area contributed by atoms with Crippen molar-refractivity contribution >= 4 is 17.3 Å². The Labute approximate surface area is 244 Å². The average molecular weight is 575 g/mol. The zero-order valence-corrected chi connectivity index (χ0v) is 24.8. The van der Waals surface area contributed by atoms with E-state index in [0.29, 0.717) is 45.0 Å². The van der Waals surface area contributed by atoms with Crippen LogP contribution in [0.25, 0.3) is 28.1 Å². The predicted molar refractivity (Wildman–Crippen MR) is 161 cm³/mol. The van der Waals surface area contributed by atoms with Crippen LogP contribution in [-0.4, -0.2) is 67.4 Å². The third-order valence-electron chi connectivity index (χ3n) is 8.61. The van der Waals surface area contributed by atoms with E-state index in [1.165, 1.54) is 15.6 Å². The third-order valence-corrected chi connectivity index (χ3v) is 8.91. The normalized spacial score (nSPS) is 18.9. The standard InChI is InChI=1S/C31H35ClN6O3/c1-19(2)38-11-9-31(38)8-10-36(18-31)26-16-22(17-33-29(26)41-5)27-28(39)23(14-20(3)34-27)21-6-7-25(24(32)15-21)37-13-12-35(4)30(37)40/h6-7,12-17,19,39H,8-11,18H2,1-5H3/t31-/m0/s1. The number of pyridine rings is 2. The van der Waals surface area contributed by atoms with Crippen LogP contribution in [0.15, 0.2) is 53.7 Å². The number of rotatable bonds is 6. The Morgan fingerprint density at radius 3 is 2.49 bits per heavy atom. The zero-order valence-electron chi connectivity index (χ0n) is 24.1. The first-order valence-corrected chi connectivity index (χ1v) is 14.3. The summed E-state index contributed by atoms with van der Waals surface area (Å²) in [4.78, 5) is 26.7. The van der Waals surface area contributed by atoms with Gasteiger partial charge in [-0.1, -0.05) is 17.7 Å². The maximum atomic E-state index is 12.4. The summed E-state index contributed by atoms with van der Waals surface area (Å²) in [5.41, 5.74) is 4.69. The molecule has 4 aromatic rings. The van der Waals surface area contributed by atoms with Gasteiger partial charge in [-0.05, 0) is 63.4 Å². The molecule has 0 unspecified atom stereocenters. The smallest absolute Gasteiger partial charge is 0.332 e. The van der Waals surface area contributed by atoms with Crippen LogP contribution >= 0.6 is 11.6 Å². The summed E-state index contributed by atoms with van der Waals surface area (Å²) >= 11 is 6.64. The molecule has 9 nitrogen and oxygen atoms in total. The Morgan fingerprint density at radius 1 is 1.07 bits per heavy atom. The largest absolute Gasteiger partial charge is 0.505 e. The summed E-state index contributed by atoms with van der Waals surface area (Å²) in [6.45, 7) is 9.39. The maximum absolute atomic E-state index is 12.4. The van der Waals surface area contributed by atoms with E-state index in [9.17, 15) is 9.90 Å². The number of hydrogen-bond donors (Lipinski definition) is 1. The van der Waals surface area contributed by atoms with E-state index in [-0.39, 0.29) is 17.0 Å². The fourth-order valence-corrected chi connectivity index (χ4v) is 6.69. The minimum absolute atomic E-state index is 0.0390. The number of aromatic nitrogens is 4. The molecule has 41 heavy (non-hydrogen) atoms. The van der Waals surface area contributed by atoms with Gasteiger partial charge in [-0.25, -0.2) is 14.8 Å². The molecular weight excluding hydrogens is 540 g/mol. The molecule has 1 aromatic carbocycles. The lowest BCUT2D eigenvalue weighted by atomic mass is 9.82. The van der Waals surface area contributed by atoms with Crippen LogP contribution in [0.5, 0.6) is 11.6 Å². The van der Waals surface area contributed by atoms with E-state index in [1.54, 1.807) is 44.9 Å².